The Morgan fingerprint density at radius 3 is 2.74 bits per heavy atom. The molecule has 0 saturated carbocycles. The smallest absolute Gasteiger partial charge is 0.291 e. The Morgan fingerprint density at radius 2 is 1.93 bits per heavy atom. The first-order valence-corrected chi connectivity index (χ1v) is 8.97. The Labute approximate surface area is 155 Å². The topological polar surface area (TPSA) is 85.3 Å². The minimum atomic E-state index is -0.276. The van der Waals surface area contributed by atoms with Crippen LogP contribution in [0, 0.1) is 0 Å². The van der Waals surface area contributed by atoms with Crippen LogP contribution in [0.4, 0.5) is 5.69 Å². The van der Waals surface area contributed by atoms with Crippen molar-refractivity contribution in [2.24, 2.45) is 0 Å². The molecule has 0 spiro atoms. The Kier molecular flexibility index (Phi) is 3.71. The number of hydrogen-bond donors (Lipinski definition) is 1. The van der Waals surface area contributed by atoms with Crippen LogP contribution in [0.1, 0.15) is 34.8 Å². The summed E-state index contributed by atoms with van der Waals surface area (Å²) >= 11 is 0. The van der Waals surface area contributed by atoms with Crippen molar-refractivity contribution in [3.05, 3.63) is 66.0 Å². The second-order valence-electron chi connectivity index (χ2n) is 6.61. The van der Waals surface area contributed by atoms with E-state index in [2.05, 4.69) is 24.9 Å². The number of fused-ring (bicyclic) bond motifs is 3. The molecule has 1 aliphatic rings. The molecule has 0 unspecified atom stereocenters. The van der Waals surface area contributed by atoms with Crippen molar-refractivity contribution in [3.8, 4) is 11.3 Å². The molecule has 4 aromatic rings. The predicted molar refractivity (Wildman–Crippen MR) is 99.5 cm³/mol. The summed E-state index contributed by atoms with van der Waals surface area (Å²) in [6.07, 6.45) is 7.82. The molecule has 0 atom stereocenters. The molecule has 7 nitrogen and oxygen atoms in total. The summed E-state index contributed by atoms with van der Waals surface area (Å²) in [5, 5.41) is 11.4. The lowest BCUT2D eigenvalue weighted by atomic mass is 10.0. The van der Waals surface area contributed by atoms with Crippen LogP contribution in [0.25, 0.3) is 17.0 Å². The zero-order valence-electron chi connectivity index (χ0n) is 14.6. The molecule has 0 aliphatic heterocycles. The number of carbonyl (C=O) groups is 1. The van der Waals surface area contributed by atoms with Gasteiger partial charge in [0.1, 0.15) is 0 Å². The van der Waals surface area contributed by atoms with Gasteiger partial charge in [0, 0.05) is 23.1 Å². The predicted octanol–water partition coefficient (Wildman–Crippen LogP) is 3.52. The van der Waals surface area contributed by atoms with Crippen molar-refractivity contribution in [1.82, 2.24) is 19.6 Å². The van der Waals surface area contributed by atoms with E-state index in [4.69, 9.17) is 4.42 Å². The molecule has 1 N–H and O–H groups in total. The fraction of sp³-hybridized carbons (Fsp3) is 0.200. The van der Waals surface area contributed by atoms with Crippen LogP contribution in [0.5, 0.6) is 0 Å². The number of amides is 1. The average Bonchev–Trinajstić information content (AvgIpc) is 3.38. The number of imidazole rings is 1. The molecule has 0 bridgehead atoms. The molecule has 1 amide bonds. The molecule has 27 heavy (non-hydrogen) atoms. The molecule has 134 valence electrons. The van der Waals surface area contributed by atoms with E-state index < -0.39 is 0 Å². The van der Waals surface area contributed by atoms with Gasteiger partial charge >= 0.3 is 0 Å². The monoisotopic (exact) mass is 359 g/mol. The largest absolute Gasteiger partial charge is 0.459 e. The number of carbonyl (C=O) groups excluding carboxylic acids is 1. The zero-order chi connectivity index (χ0) is 18.2. The summed E-state index contributed by atoms with van der Waals surface area (Å²) in [5.41, 5.74) is 4.79. The normalized spacial score (nSPS) is 13.5. The van der Waals surface area contributed by atoms with E-state index in [1.165, 1.54) is 24.8 Å². The first-order chi connectivity index (χ1) is 13.3. The van der Waals surface area contributed by atoms with Crippen molar-refractivity contribution in [3.63, 3.8) is 0 Å². The lowest BCUT2D eigenvalue weighted by molar-refractivity contribution is 0.0996. The average molecular weight is 359 g/mol. The lowest BCUT2D eigenvalue weighted by Gasteiger charge is -2.14. The van der Waals surface area contributed by atoms with Gasteiger partial charge in [0.15, 0.2) is 5.76 Å². The van der Waals surface area contributed by atoms with E-state index in [0.717, 1.165) is 29.8 Å². The first-order valence-electron chi connectivity index (χ1n) is 8.97. The SMILES string of the molecule is O=C(Nc1ccc(-c2cn3c4c(nnc3n2)CCCC4)cc1)c1ccco1. The van der Waals surface area contributed by atoms with Crippen molar-refractivity contribution < 1.29 is 9.21 Å². The minimum absolute atomic E-state index is 0.276. The summed E-state index contributed by atoms with van der Waals surface area (Å²) in [6, 6.07) is 10.9. The maximum Gasteiger partial charge on any atom is 0.291 e. The lowest BCUT2D eigenvalue weighted by Crippen LogP contribution is -2.12. The number of benzene rings is 1. The first kappa shape index (κ1) is 15.7. The number of nitrogens with zero attached hydrogens (tertiary/aromatic N) is 4. The number of furan rings is 1. The molecule has 0 saturated heterocycles. The van der Waals surface area contributed by atoms with Gasteiger partial charge in [-0.25, -0.2) is 4.98 Å². The van der Waals surface area contributed by atoms with E-state index in [0.29, 0.717) is 11.5 Å². The van der Waals surface area contributed by atoms with Crippen LogP contribution in [0.2, 0.25) is 0 Å². The summed E-state index contributed by atoms with van der Waals surface area (Å²) < 4.78 is 7.16. The molecule has 0 radical (unpaired) electrons. The highest BCUT2D eigenvalue weighted by molar-refractivity contribution is 6.02. The fourth-order valence-corrected chi connectivity index (χ4v) is 3.45. The summed E-state index contributed by atoms with van der Waals surface area (Å²) in [5.74, 6) is 0.631. The van der Waals surface area contributed by atoms with Gasteiger partial charge in [0.25, 0.3) is 11.7 Å². The van der Waals surface area contributed by atoms with Crippen molar-refractivity contribution in [2.75, 3.05) is 5.32 Å². The minimum Gasteiger partial charge on any atom is -0.459 e. The van der Waals surface area contributed by atoms with Crippen molar-refractivity contribution >= 4 is 17.4 Å². The van der Waals surface area contributed by atoms with E-state index in [-0.39, 0.29) is 11.7 Å². The standard InChI is InChI=1S/C20H17N5O2/c26-19(18-6-3-11-27-18)21-14-9-7-13(8-10-14)16-12-25-17-5-2-1-4-15(17)23-24-20(25)22-16/h3,6-12H,1-2,4-5H2,(H,21,26). The van der Waals surface area contributed by atoms with E-state index in [1.54, 1.807) is 12.1 Å². The van der Waals surface area contributed by atoms with Crippen LogP contribution in [0.15, 0.2) is 53.3 Å². The molecule has 7 heteroatoms. The maximum atomic E-state index is 12.0. The highest BCUT2D eigenvalue weighted by atomic mass is 16.3. The van der Waals surface area contributed by atoms with Gasteiger partial charge in [-0.15, -0.1) is 5.10 Å². The van der Waals surface area contributed by atoms with Gasteiger partial charge in [-0.3, -0.25) is 9.20 Å². The van der Waals surface area contributed by atoms with Gasteiger partial charge in [-0.05, 0) is 49.9 Å². The van der Waals surface area contributed by atoms with Gasteiger partial charge in [-0.1, -0.05) is 12.1 Å². The third-order valence-electron chi connectivity index (χ3n) is 4.83. The van der Waals surface area contributed by atoms with Gasteiger partial charge in [-0.2, -0.15) is 5.10 Å². The highest BCUT2D eigenvalue weighted by Gasteiger charge is 2.17. The second kappa shape index (κ2) is 6.35. The molecule has 1 aromatic carbocycles. The Bertz CT molecular complexity index is 1110. The fourth-order valence-electron chi connectivity index (χ4n) is 3.45. The summed E-state index contributed by atoms with van der Waals surface area (Å²) in [7, 11) is 0. The molecular formula is C20H17N5O2. The van der Waals surface area contributed by atoms with E-state index in [1.807, 2.05) is 30.5 Å². The van der Waals surface area contributed by atoms with E-state index in [9.17, 15) is 4.79 Å². The number of hydrogen-bond acceptors (Lipinski definition) is 5. The van der Waals surface area contributed by atoms with Gasteiger partial charge in [0.2, 0.25) is 0 Å². The molecule has 0 fully saturated rings. The molecule has 3 heterocycles. The van der Waals surface area contributed by atoms with Crippen molar-refractivity contribution in [1.29, 1.82) is 0 Å². The van der Waals surface area contributed by atoms with Gasteiger partial charge < -0.3 is 9.73 Å². The summed E-state index contributed by atoms with van der Waals surface area (Å²) in [6.45, 7) is 0. The molecule has 1 aliphatic carbocycles. The van der Waals surface area contributed by atoms with Crippen LogP contribution in [-0.2, 0) is 12.8 Å². The van der Waals surface area contributed by atoms with Crippen LogP contribution in [-0.4, -0.2) is 25.5 Å². The number of aryl methyl sites for hydroxylation is 2. The quantitative estimate of drug-likeness (QED) is 0.605. The maximum absolute atomic E-state index is 12.0. The van der Waals surface area contributed by atoms with Crippen LogP contribution in [0.3, 0.4) is 0 Å². The van der Waals surface area contributed by atoms with E-state index >= 15 is 0 Å². The zero-order valence-corrected chi connectivity index (χ0v) is 14.6. The molecule has 5 rings (SSSR count). The van der Waals surface area contributed by atoms with Crippen LogP contribution >= 0.6 is 0 Å². The molecule has 3 aromatic heterocycles. The number of rotatable bonds is 3. The Morgan fingerprint density at radius 1 is 1.07 bits per heavy atom. The highest BCUT2D eigenvalue weighted by Crippen LogP contribution is 2.24. The Balaban J connectivity index is 1.42. The third kappa shape index (κ3) is 2.87. The van der Waals surface area contributed by atoms with Gasteiger partial charge in [0.05, 0.1) is 17.7 Å². The molecular weight excluding hydrogens is 342 g/mol. The van der Waals surface area contributed by atoms with Crippen molar-refractivity contribution in [2.45, 2.75) is 25.7 Å². The second-order valence-corrected chi connectivity index (χ2v) is 6.61. The third-order valence-corrected chi connectivity index (χ3v) is 4.83. The van der Waals surface area contributed by atoms with Crippen LogP contribution < -0.4 is 5.32 Å². The summed E-state index contributed by atoms with van der Waals surface area (Å²) in [4.78, 5) is 16.7. The number of aromatic nitrogens is 4. The number of anilines is 1. The Hall–Kier alpha value is -3.48. The number of nitrogens with one attached hydrogen (secondary N) is 1.